The average molecular weight is 584 g/mol. The Kier molecular flexibility index (Phi) is 11.2. The van der Waals surface area contributed by atoms with Crippen LogP contribution in [0.25, 0.3) is 10.9 Å². The number of aliphatic carboxylic acids is 1. The van der Waals surface area contributed by atoms with Gasteiger partial charge in [-0.2, -0.15) is 12.6 Å². The van der Waals surface area contributed by atoms with Crippen molar-refractivity contribution >= 4 is 47.2 Å². The lowest BCUT2D eigenvalue weighted by Crippen LogP contribution is -2.58. The number of hydrogen-bond donors (Lipinski definition) is 8. The minimum Gasteiger partial charge on any atom is -0.508 e. The first-order valence-electron chi connectivity index (χ1n) is 13.3. The standard InChI is InChI=1S/C29H37N5O6S/c1-16(2)11-23(32-26(36)21(30)15-41)27(37)33-24(13-18-14-31-22-6-4-3-5-20(18)22)28(38)34-25(29(39)40)12-17-7-9-19(35)10-8-17/h3-10,14,16,21,23-25,31,35,41H,11-13,15,30H2,1-2H3,(H,32,36)(H,33,37)(H,34,38)(H,39,40). The van der Waals surface area contributed by atoms with E-state index in [1.807, 2.05) is 38.1 Å². The van der Waals surface area contributed by atoms with Gasteiger partial charge in [-0.25, -0.2) is 4.79 Å². The molecule has 1 aromatic heterocycles. The lowest BCUT2D eigenvalue weighted by Gasteiger charge is -2.26. The summed E-state index contributed by atoms with van der Waals surface area (Å²) in [6.45, 7) is 3.78. The van der Waals surface area contributed by atoms with E-state index in [1.165, 1.54) is 12.1 Å². The summed E-state index contributed by atoms with van der Waals surface area (Å²) in [5.41, 5.74) is 7.96. The molecule has 4 atom stereocenters. The molecule has 8 N–H and O–H groups in total. The van der Waals surface area contributed by atoms with Crippen LogP contribution in [-0.4, -0.2) is 68.8 Å². The van der Waals surface area contributed by atoms with Crippen LogP contribution in [-0.2, 0) is 32.0 Å². The number of H-pyrrole nitrogens is 1. The maximum atomic E-state index is 13.6. The van der Waals surface area contributed by atoms with E-state index in [4.69, 9.17) is 5.73 Å². The second-order valence-electron chi connectivity index (χ2n) is 10.4. The summed E-state index contributed by atoms with van der Waals surface area (Å²) in [6, 6.07) is 9.12. The zero-order valence-electron chi connectivity index (χ0n) is 23.0. The van der Waals surface area contributed by atoms with Crippen LogP contribution in [0.15, 0.2) is 54.7 Å². The Morgan fingerprint density at radius 3 is 2.12 bits per heavy atom. The van der Waals surface area contributed by atoms with E-state index in [1.54, 1.807) is 18.3 Å². The normalized spacial score (nSPS) is 14.2. The Hall–Kier alpha value is -4.03. The highest BCUT2D eigenvalue weighted by molar-refractivity contribution is 7.80. The molecule has 3 rings (SSSR count). The van der Waals surface area contributed by atoms with E-state index in [-0.39, 0.29) is 36.7 Å². The van der Waals surface area contributed by atoms with Crippen LogP contribution in [0.3, 0.4) is 0 Å². The number of hydrogen-bond acceptors (Lipinski definition) is 7. The second kappa shape index (κ2) is 14.6. The first-order valence-corrected chi connectivity index (χ1v) is 13.9. The Labute approximate surface area is 243 Å². The maximum absolute atomic E-state index is 13.6. The molecule has 0 saturated heterocycles. The van der Waals surface area contributed by atoms with Gasteiger partial charge in [-0.1, -0.05) is 44.2 Å². The zero-order valence-corrected chi connectivity index (χ0v) is 23.9. The van der Waals surface area contributed by atoms with E-state index < -0.39 is 47.9 Å². The molecule has 1 heterocycles. The molecule has 12 heteroatoms. The number of benzene rings is 2. The molecule has 0 radical (unpaired) electrons. The third-order valence-electron chi connectivity index (χ3n) is 6.60. The van der Waals surface area contributed by atoms with Crippen LogP contribution in [0.1, 0.15) is 31.4 Å². The van der Waals surface area contributed by atoms with Crippen molar-refractivity contribution in [3.63, 3.8) is 0 Å². The minimum atomic E-state index is -1.30. The number of para-hydroxylation sites is 1. The highest BCUT2D eigenvalue weighted by atomic mass is 32.1. The number of thiol groups is 1. The van der Waals surface area contributed by atoms with Crippen molar-refractivity contribution in [2.75, 3.05) is 5.75 Å². The summed E-state index contributed by atoms with van der Waals surface area (Å²) in [4.78, 5) is 54.7. The number of aromatic amines is 1. The van der Waals surface area contributed by atoms with Gasteiger partial charge in [-0.3, -0.25) is 14.4 Å². The largest absolute Gasteiger partial charge is 0.508 e. The van der Waals surface area contributed by atoms with Crippen LogP contribution >= 0.6 is 12.6 Å². The number of amides is 3. The molecule has 4 unspecified atom stereocenters. The van der Waals surface area contributed by atoms with Crippen molar-refractivity contribution in [2.24, 2.45) is 11.7 Å². The fourth-order valence-electron chi connectivity index (χ4n) is 4.41. The summed E-state index contributed by atoms with van der Waals surface area (Å²) in [6.07, 6.45) is 2.05. The molecule has 0 saturated carbocycles. The number of nitrogens with two attached hydrogens (primary N) is 1. The maximum Gasteiger partial charge on any atom is 0.326 e. The van der Waals surface area contributed by atoms with Crippen molar-refractivity contribution in [3.8, 4) is 5.75 Å². The molecule has 41 heavy (non-hydrogen) atoms. The van der Waals surface area contributed by atoms with Crippen LogP contribution in [0, 0.1) is 5.92 Å². The van der Waals surface area contributed by atoms with E-state index in [2.05, 4.69) is 33.6 Å². The van der Waals surface area contributed by atoms with Crippen molar-refractivity contribution in [1.29, 1.82) is 0 Å². The monoisotopic (exact) mass is 583 g/mol. The molecule has 0 aliphatic rings. The molecule has 3 aromatic rings. The number of carboxylic acid groups (broad SMARTS) is 1. The highest BCUT2D eigenvalue weighted by Crippen LogP contribution is 2.20. The van der Waals surface area contributed by atoms with Gasteiger partial charge in [0.2, 0.25) is 17.7 Å². The van der Waals surface area contributed by atoms with Gasteiger partial charge in [0.1, 0.15) is 23.9 Å². The molecular weight excluding hydrogens is 546 g/mol. The van der Waals surface area contributed by atoms with E-state index in [0.29, 0.717) is 5.56 Å². The zero-order chi connectivity index (χ0) is 30.1. The molecule has 0 aliphatic heterocycles. The van der Waals surface area contributed by atoms with Crippen molar-refractivity contribution in [3.05, 3.63) is 65.9 Å². The first-order chi connectivity index (χ1) is 19.5. The van der Waals surface area contributed by atoms with Gasteiger partial charge in [-0.15, -0.1) is 0 Å². The Bertz CT molecular complexity index is 1360. The van der Waals surface area contributed by atoms with E-state index >= 15 is 0 Å². The van der Waals surface area contributed by atoms with E-state index in [9.17, 15) is 29.4 Å². The predicted octanol–water partition coefficient (Wildman–Crippen LogP) is 1.50. The fourth-order valence-corrected chi connectivity index (χ4v) is 4.57. The molecule has 11 nitrogen and oxygen atoms in total. The highest BCUT2D eigenvalue weighted by Gasteiger charge is 2.31. The SMILES string of the molecule is CC(C)CC(NC(=O)C(N)CS)C(=O)NC(Cc1c[nH]c2ccccc12)C(=O)NC(Cc1ccc(O)cc1)C(=O)O. The summed E-state index contributed by atoms with van der Waals surface area (Å²) in [5.74, 6) is -2.94. The Morgan fingerprint density at radius 2 is 1.49 bits per heavy atom. The van der Waals surface area contributed by atoms with Crippen molar-refractivity contribution < 1.29 is 29.4 Å². The van der Waals surface area contributed by atoms with Crippen LogP contribution in [0.4, 0.5) is 0 Å². The number of aromatic hydroxyl groups is 1. The van der Waals surface area contributed by atoms with Gasteiger partial charge in [-0.05, 0) is 41.7 Å². The van der Waals surface area contributed by atoms with Crippen LogP contribution in [0.2, 0.25) is 0 Å². The van der Waals surface area contributed by atoms with Crippen molar-refractivity contribution in [2.45, 2.75) is 57.3 Å². The number of fused-ring (bicyclic) bond motifs is 1. The number of carbonyl (C=O) groups excluding carboxylic acids is 3. The predicted molar refractivity (Wildman–Crippen MR) is 159 cm³/mol. The topological polar surface area (TPSA) is 187 Å². The van der Waals surface area contributed by atoms with Gasteiger partial charge in [0.25, 0.3) is 0 Å². The quantitative estimate of drug-likeness (QED) is 0.132. The number of phenols is 1. The lowest BCUT2D eigenvalue weighted by atomic mass is 10.00. The Morgan fingerprint density at radius 1 is 0.878 bits per heavy atom. The Balaban J connectivity index is 1.87. The summed E-state index contributed by atoms with van der Waals surface area (Å²) < 4.78 is 0. The molecular formula is C29H37N5O6S. The lowest BCUT2D eigenvalue weighted by molar-refractivity contribution is -0.142. The third kappa shape index (κ3) is 8.98. The van der Waals surface area contributed by atoms with Gasteiger partial charge in [0, 0.05) is 35.7 Å². The molecule has 3 amide bonds. The number of rotatable bonds is 14. The molecule has 0 spiro atoms. The molecule has 0 aliphatic carbocycles. The van der Waals surface area contributed by atoms with Crippen LogP contribution < -0.4 is 21.7 Å². The number of nitrogens with one attached hydrogen (secondary N) is 4. The molecule has 2 aromatic carbocycles. The van der Waals surface area contributed by atoms with Gasteiger partial charge in [0.05, 0.1) is 6.04 Å². The average Bonchev–Trinajstić information content (AvgIpc) is 3.34. The molecule has 0 bridgehead atoms. The van der Waals surface area contributed by atoms with Gasteiger partial charge in [0.15, 0.2) is 0 Å². The third-order valence-corrected chi connectivity index (χ3v) is 6.99. The smallest absolute Gasteiger partial charge is 0.326 e. The summed E-state index contributed by atoms with van der Waals surface area (Å²) in [7, 11) is 0. The molecule has 0 fully saturated rings. The summed E-state index contributed by atoms with van der Waals surface area (Å²) >= 11 is 4.05. The van der Waals surface area contributed by atoms with E-state index in [0.717, 1.165) is 16.5 Å². The van der Waals surface area contributed by atoms with Gasteiger partial charge >= 0.3 is 5.97 Å². The fraction of sp³-hybridized carbons (Fsp3) is 0.379. The van der Waals surface area contributed by atoms with Gasteiger partial charge < -0.3 is 36.9 Å². The minimum absolute atomic E-state index is 0.0286. The molecule has 220 valence electrons. The number of carbonyl (C=O) groups is 4. The second-order valence-corrected chi connectivity index (χ2v) is 10.7. The summed E-state index contributed by atoms with van der Waals surface area (Å²) in [5, 5.41) is 28.2. The number of aromatic nitrogens is 1. The van der Waals surface area contributed by atoms with Crippen LogP contribution in [0.5, 0.6) is 5.75 Å². The first kappa shape index (κ1) is 31.5. The number of phenolic OH excluding ortho intramolecular Hbond substituents is 1. The number of carboxylic acids is 1. The van der Waals surface area contributed by atoms with Crippen molar-refractivity contribution in [1.82, 2.24) is 20.9 Å².